The fraction of sp³-hybridized carbons (Fsp3) is 0.250. The molecule has 0 radical (unpaired) electrons. The van der Waals surface area contributed by atoms with Crippen LogP contribution in [0.3, 0.4) is 0 Å². The van der Waals surface area contributed by atoms with Crippen molar-refractivity contribution in [3.63, 3.8) is 0 Å². The second-order valence-corrected chi connectivity index (χ2v) is 6.13. The maximum Gasteiger partial charge on any atom is 0.229 e. The highest BCUT2D eigenvalue weighted by atomic mass is 16.5. The monoisotopic (exact) mass is 365 g/mol. The zero-order valence-corrected chi connectivity index (χ0v) is 15.1. The van der Waals surface area contributed by atoms with Gasteiger partial charge in [0, 0.05) is 24.7 Å². The number of amides is 2. The lowest BCUT2D eigenvalue weighted by Gasteiger charge is -2.20. The van der Waals surface area contributed by atoms with Gasteiger partial charge in [-0.3, -0.25) is 9.59 Å². The van der Waals surface area contributed by atoms with Crippen LogP contribution in [0.1, 0.15) is 12.0 Å². The zero-order valence-electron chi connectivity index (χ0n) is 15.1. The van der Waals surface area contributed by atoms with Crippen LogP contribution in [0.5, 0.6) is 11.5 Å². The van der Waals surface area contributed by atoms with Crippen LogP contribution in [0.15, 0.2) is 42.5 Å². The SMILES string of the molecule is COc1ccc(N2C[C@@H](C(=O)Nc3cccc(C#N)c3)CC2=O)c(OC)c1. The lowest BCUT2D eigenvalue weighted by molar-refractivity contribution is -0.122. The summed E-state index contributed by atoms with van der Waals surface area (Å²) >= 11 is 0. The van der Waals surface area contributed by atoms with Crippen LogP contribution < -0.4 is 19.7 Å². The molecular weight excluding hydrogens is 346 g/mol. The van der Waals surface area contributed by atoms with Gasteiger partial charge in [-0.15, -0.1) is 0 Å². The molecule has 0 aliphatic carbocycles. The number of rotatable bonds is 5. The molecule has 0 spiro atoms. The van der Waals surface area contributed by atoms with Crippen LogP contribution in [0.2, 0.25) is 0 Å². The smallest absolute Gasteiger partial charge is 0.229 e. The number of nitrogens with zero attached hydrogens (tertiary/aromatic N) is 2. The molecule has 138 valence electrons. The molecule has 1 fully saturated rings. The van der Waals surface area contributed by atoms with E-state index in [1.54, 1.807) is 54.5 Å². The Kier molecular flexibility index (Phi) is 5.27. The van der Waals surface area contributed by atoms with E-state index in [2.05, 4.69) is 5.32 Å². The number of methoxy groups -OCH3 is 2. The van der Waals surface area contributed by atoms with Gasteiger partial charge in [0.05, 0.1) is 37.5 Å². The summed E-state index contributed by atoms with van der Waals surface area (Å²) in [5.74, 6) is 0.229. The van der Waals surface area contributed by atoms with Crippen LogP contribution in [-0.4, -0.2) is 32.6 Å². The van der Waals surface area contributed by atoms with Crippen molar-refractivity contribution in [1.29, 1.82) is 5.26 Å². The zero-order chi connectivity index (χ0) is 19.4. The van der Waals surface area contributed by atoms with E-state index in [4.69, 9.17) is 14.7 Å². The lowest BCUT2D eigenvalue weighted by atomic mass is 10.1. The van der Waals surface area contributed by atoms with Crippen LogP contribution in [-0.2, 0) is 9.59 Å². The first-order valence-corrected chi connectivity index (χ1v) is 8.39. The Balaban J connectivity index is 1.75. The molecule has 1 N–H and O–H groups in total. The summed E-state index contributed by atoms with van der Waals surface area (Å²) in [7, 11) is 3.07. The first-order valence-electron chi connectivity index (χ1n) is 8.39. The first kappa shape index (κ1) is 18.3. The van der Waals surface area contributed by atoms with E-state index in [0.717, 1.165) is 0 Å². The quantitative estimate of drug-likeness (QED) is 0.879. The van der Waals surface area contributed by atoms with Gasteiger partial charge in [0.1, 0.15) is 11.5 Å². The summed E-state index contributed by atoms with van der Waals surface area (Å²) in [4.78, 5) is 26.6. The van der Waals surface area contributed by atoms with Crippen LogP contribution >= 0.6 is 0 Å². The highest BCUT2D eigenvalue weighted by Crippen LogP contribution is 2.36. The molecule has 0 unspecified atom stereocenters. The maximum absolute atomic E-state index is 12.6. The Morgan fingerprint density at radius 3 is 2.74 bits per heavy atom. The Bertz CT molecular complexity index is 920. The summed E-state index contributed by atoms with van der Waals surface area (Å²) in [5.41, 5.74) is 1.59. The topological polar surface area (TPSA) is 91.7 Å². The third-order valence-corrected chi connectivity index (χ3v) is 4.43. The molecule has 3 rings (SSSR count). The van der Waals surface area contributed by atoms with Crippen molar-refractivity contribution in [2.45, 2.75) is 6.42 Å². The molecule has 1 aliphatic rings. The predicted molar refractivity (Wildman–Crippen MR) is 99.8 cm³/mol. The summed E-state index contributed by atoms with van der Waals surface area (Å²) in [6, 6.07) is 13.9. The van der Waals surface area contributed by atoms with Gasteiger partial charge in [0.25, 0.3) is 0 Å². The molecule has 1 heterocycles. The van der Waals surface area contributed by atoms with E-state index in [1.165, 1.54) is 7.11 Å². The number of hydrogen-bond acceptors (Lipinski definition) is 5. The van der Waals surface area contributed by atoms with E-state index >= 15 is 0 Å². The van der Waals surface area contributed by atoms with Gasteiger partial charge < -0.3 is 19.7 Å². The van der Waals surface area contributed by atoms with Crippen LogP contribution in [0.4, 0.5) is 11.4 Å². The Labute approximate surface area is 157 Å². The van der Waals surface area contributed by atoms with Gasteiger partial charge in [-0.2, -0.15) is 5.26 Å². The Morgan fingerprint density at radius 1 is 1.22 bits per heavy atom. The van der Waals surface area contributed by atoms with E-state index in [-0.39, 0.29) is 24.8 Å². The molecule has 7 nitrogen and oxygen atoms in total. The Morgan fingerprint density at radius 2 is 2.04 bits per heavy atom. The van der Waals surface area contributed by atoms with Gasteiger partial charge >= 0.3 is 0 Å². The average molecular weight is 365 g/mol. The molecule has 2 aromatic rings. The molecule has 2 aromatic carbocycles. The first-order chi connectivity index (χ1) is 13.0. The van der Waals surface area contributed by atoms with E-state index in [0.29, 0.717) is 28.4 Å². The molecule has 27 heavy (non-hydrogen) atoms. The number of anilines is 2. The minimum atomic E-state index is -0.491. The highest BCUT2D eigenvalue weighted by molar-refractivity contribution is 6.04. The molecule has 2 amide bonds. The average Bonchev–Trinajstić information content (AvgIpc) is 3.09. The van der Waals surface area contributed by atoms with Gasteiger partial charge in [-0.25, -0.2) is 0 Å². The standard InChI is InChI=1S/C20H19N3O4/c1-26-16-6-7-17(18(10-16)27-2)23-12-14(9-19(23)24)20(25)22-15-5-3-4-13(8-15)11-21/h3-8,10,14H,9,12H2,1-2H3,(H,22,25)/t14-/m0/s1. The number of nitrogens with one attached hydrogen (secondary N) is 1. The van der Waals surface area contributed by atoms with Crippen molar-refractivity contribution in [3.8, 4) is 17.6 Å². The summed E-state index contributed by atoms with van der Waals surface area (Å²) in [6.07, 6.45) is 0.110. The second-order valence-electron chi connectivity index (χ2n) is 6.13. The lowest BCUT2D eigenvalue weighted by Crippen LogP contribution is -2.28. The highest BCUT2D eigenvalue weighted by Gasteiger charge is 2.36. The summed E-state index contributed by atoms with van der Waals surface area (Å²) < 4.78 is 10.5. The van der Waals surface area contributed by atoms with Crippen molar-refractivity contribution in [2.24, 2.45) is 5.92 Å². The molecule has 7 heteroatoms. The van der Waals surface area contributed by atoms with Crippen molar-refractivity contribution in [1.82, 2.24) is 0 Å². The van der Waals surface area contributed by atoms with Crippen molar-refractivity contribution in [3.05, 3.63) is 48.0 Å². The molecule has 0 saturated carbocycles. The van der Waals surface area contributed by atoms with Gasteiger partial charge in [-0.1, -0.05) is 6.07 Å². The number of carbonyl (C=O) groups excluding carboxylic acids is 2. The van der Waals surface area contributed by atoms with Crippen LogP contribution in [0.25, 0.3) is 0 Å². The fourth-order valence-corrected chi connectivity index (χ4v) is 3.03. The molecular formula is C20H19N3O4. The molecule has 1 atom stereocenters. The minimum absolute atomic E-state index is 0.110. The van der Waals surface area contributed by atoms with Gasteiger partial charge in [0.2, 0.25) is 11.8 Å². The predicted octanol–water partition coefficient (Wildman–Crippen LogP) is 2.57. The number of ether oxygens (including phenoxy) is 2. The number of carbonyl (C=O) groups is 2. The third kappa shape index (κ3) is 3.85. The van der Waals surface area contributed by atoms with Crippen molar-refractivity contribution >= 4 is 23.2 Å². The van der Waals surface area contributed by atoms with E-state index < -0.39 is 5.92 Å². The van der Waals surface area contributed by atoms with Gasteiger partial charge in [-0.05, 0) is 30.3 Å². The number of hydrogen-bond donors (Lipinski definition) is 1. The fourth-order valence-electron chi connectivity index (χ4n) is 3.03. The summed E-state index contributed by atoms with van der Waals surface area (Å²) in [6.45, 7) is 0.255. The normalized spacial score (nSPS) is 16.0. The van der Waals surface area contributed by atoms with E-state index in [1.807, 2.05) is 6.07 Å². The number of nitriles is 1. The molecule has 0 aromatic heterocycles. The largest absolute Gasteiger partial charge is 0.497 e. The third-order valence-electron chi connectivity index (χ3n) is 4.43. The van der Waals surface area contributed by atoms with Crippen molar-refractivity contribution < 1.29 is 19.1 Å². The van der Waals surface area contributed by atoms with Crippen LogP contribution in [0, 0.1) is 17.2 Å². The van der Waals surface area contributed by atoms with E-state index in [9.17, 15) is 9.59 Å². The molecule has 0 bridgehead atoms. The summed E-state index contributed by atoms with van der Waals surface area (Å²) in [5, 5.41) is 11.7. The Hall–Kier alpha value is -3.53. The van der Waals surface area contributed by atoms with Crippen molar-refractivity contribution in [2.75, 3.05) is 31.0 Å². The minimum Gasteiger partial charge on any atom is -0.497 e. The number of benzene rings is 2. The molecule has 1 saturated heterocycles. The van der Waals surface area contributed by atoms with Gasteiger partial charge in [0.15, 0.2) is 0 Å². The maximum atomic E-state index is 12.6. The molecule has 1 aliphatic heterocycles. The second kappa shape index (κ2) is 7.79.